The number of hydrogen-bond donors (Lipinski definition) is 1. The number of nitrogens with zero attached hydrogens (tertiary/aromatic N) is 2. The zero-order chi connectivity index (χ0) is 17.5. The summed E-state index contributed by atoms with van der Waals surface area (Å²) in [6.07, 6.45) is 6.45. The van der Waals surface area contributed by atoms with Gasteiger partial charge in [0.2, 0.25) is 0 Å². The average molecular weight is 343 g/mol. The molecule has 0 unspecified atom stereocenters. The summed E-state index contributed by atoms with van der Waals surface area (Å²) in [6, 6.07) is 11.9. The van der Waals surface area contributed by atoms with Gasteiger partial charge in [0, 0.05) is 30.4 Å². The molecule has 2 aromatic rings. The molecule has 0 bridgehead atoms. The van der Waals surface area contributed by atoms with Gasteiger partial charge in [-0.3, -0.25) is 4.98 Å². The smallest absolute Gasteiger partial charge is 0.321 e. The van der Waals surface area contributed by atoms with Crippen molar-refractivity contribution in [2.45, 2.75) is 31.6 Å². The molecule has 2 atom stereocenters. The molecule has 2 amide bonds. The van der Waals surface area contributed by atoms with Crippen LogP contribution in [0.3, 0.4) is 0 Å². The van der Waals surface area contributed by atoms with E-state index in [-0.39, 0.29) is 12.1 Å². The van der Waals surface area contributed by atoms with Crippen molar-refractivity contribution in [2.24, 2.45) is 0 Å². The lowest BCUT2D eigenvalue weighted by Gasteiger charge is -2.28. The second-order valence-corrected chi connectivity index (χ2v) is 6.93. The quantitative estimate of drug-likeness (QED) is 0.791. The maximum atomic E-state index is 12.6. The van der Waals surface area contributed by atoms with E-state index >= 15 is 0 Å². The van der Waals surface area contributed by atoms with Gasteiger partial charge < -0.3 is 10.2 Å². The van der Waals surface area contributed by atoms with E-state index in [2.05, 4.69) is 36.5 Å². The van der Waals surface area contributed by atoms with Crippen molar-refractivity contribution in [3.63, 3.8) is 0 Å². The van der Waals surface area contributed by atoms with Crippen LogP contribution >= 0.6 is 11.8 Å². The van der Waals surface area contributed by atoms with Gasteiger partial charge in [0.15, 0.2) is 0 Å². The Labute approximate surface area is 148 Å². The van der Waals surface area contributed by atoms with Crippen LogP contribution in [0, 0.1) is 0 Å². The number of aromatic nitrogens is 1. The minimum atomic E-state index is -0.104. The third-order valence-electron chi connectivity index (χ3n) is 4.23. The minimum absolute atomic E-state index is 0.0290. The summed E-state index contributed by atoms with van der Waals surface area (Å²) in [5.41, 5.74) is 3.13. The van der Waals surface area contributed by atoms with Crippen LogP contribution in [0.15, 0.2) is 48.8 Å². The number of carbonyl (C=O) groups is 1. The van der Waals surface area contributed by atoms with Crippen LogP contribution in [0.1, 0.15) is 42.7 Å². The first-order chi connectivity index (χ1) is 11.6. The fourth-order valence-electron chi connectivity index (χ4n) is 2.68. The highest BCUT2D eigenvalue weighted by Gasteiger charge is 2.20. The summed E-state index contributed by atoms with van der Waals surface area (Å²) in [7, 11) is 1.83. The van der Waals surface area contributed by atoms with Gasteiger partial charge in [-0.1, -0.05) is 19.1 Å². The summed E-state index contributed by atoms with van der Waals surface area (Å²) in [6.45, 7) is 4.24. The third-order valence-corrected chi connectivity index (χ3v) is 5.21. The lowest BCUT2D eigenvalue weighted by molar-refractivity contribution is 0.202. The number of benzene rings is 1. The highest BCUT2D eigenvalue weighted by atomic mass is 32.2. The van der Waals surface area contributed by atoms with Gasteiger partial charge >= 0.3 is 6.03 Å². The maximum absolute atomic E-state index is 12.6. The van der Waals surface area contributed by atoms with Crippen LogP contribution in [-0.4, -0.2) is 29.2 Å². The molecular formula is C19H25N3OS. The maximum Gasteiger partial charge on any atom is 0.322 e. The second-order valence-electron chi connectivity index (χ2n) is 5.75. The highest BCUT2D eigenvalue weighted by molar-refractivity contribution is 7.98. The topological polar surface area (TPSA) is 45.2 Å². The predicted octanol–water partition coefficient (Wildman–Crippen LogP) is 5.12. The van der Waals surface area contributed by atoms with Crippen LogP contribution in [-0.2, 0) is 0 Å². The molecule has 0 aliphatic rings. The van der Waals surface area contributed by atoms with Crippen molar-refractivity contribution in [1.82, 2.24) is 9.88 Å². The van der Waals surface area contributed by atoms with Crippen LogP contribution in [0.25, 0.3) is 0 Å². The van der Waals surface area contributed by atoms with Gasteiger partial charge in [0.05, 0.1) is 6.04 Å². The molecule has 2 rings (SSSR count). The molecule has 1 aromatic heterocycles. The number of amides is 2. The molecule has 0 aliphatic heterocycles. The highest BCUT2D eigenvalue weighted by Crippen LogP contribution is 2.28. The van der Waals surface area contributed by atoms with E-state index in [1.54, 1.807) is 29.1 Å². The number of anilines is 1. The minimum Gasteiger partial charge on any atom is -0.321 e. The van der Waals surface area contributed by atoms with Crippen molar-refractivity contribution in [3.8, 4) is 0 Å². The Morgan fingerprint density at radius 2 is 1.96 bits per heavy atom. The van der Waals surface area contributed by atoms with Crippen molar-refractivity contribution >= 4 is 23.5 Å². The first-order valence-electron chi connectivity index (χ1n) is 8.13. The molecule has 128 valence electrons. The van der Waals surface area contributed by atoms with Crippen molar-refractivity contribution < 1.29 is 4.79 Å². The Morgan fingerprint density at radius 3 is 2.58 bits per heavy atom. The number of urea groups is 1. The molecule has 0 spiro atoms. The fourth-order valence-corrected chi connectivity index (χ4v) is 3.10. The van der Waals surface area contributed by atoms with Crippen molar-refractivity contribution in [2.75, 3.05) is 18.6 Å². The van der Waals surface area contributed by atoms with Crippen LogP contribution in [0.5, 0.6) is 0 Å². The molecule has 1 N–H and O–H groups in total. The fraction of sp³-hybridized carbons (Fsp3) is 0.368. The van der Waals surface area contributed by atoms with E-state index in [4.69, 9.17) is 0 Å². The zero-order valence-corrected chi connectivity index (χ0v) is 15.5. The molecule has 24 heavy (non-hydrogen) atoms. The van der Waals surface area contributed by atoms with Crippen molar-refractivity contribution in [3.05, 3.63) is 59.9 Å². The first-order valence-corrected chi connectivity index (χ1v) is 9.42. The predicted molar refractivity (Wildman–Crippen MR) is 102 cm³/mol. The molecule has 4 nitrogen and oxygen atoms in total. The molecule has 0 radical (unpaired) electrons. The average Bonchev–Trinajstić information content (AvgIpc) is 2.62. The normalized spacial score (nSPS) is 13.2. The molecule has 0 saturated heterocycles. The van der Waals surface area contributed by atoms with E-state index in [1.807, 2.05) is 37.4 Å². The summed E-state index contributed by atoms with van der Waals surface area (Å²) < 4.78 is 0. The molecular weight excluding hydrogens is 318 g/mol. The number of carbonyl (C=O) groups excluding carboxylic acids is 1. The van der Waals surface area contributed by atoms with Gasteiger partial charge in [-0.05, 0) is 55.0 Å². The second kappa shape index (κ2) is 8.73. The Kier molecular flexibility index (Phi) is 6.67. The van der Waals surface area contributed by atoms with Crippen LogP contribution in [0.2, 0.25) is 0 Å². The van der Waals surface area contributed by atoms with E-state index in [0.29, 0.717) is 5.25 Å². The molecule has 1 heterocycles. The summed E-state index contributed by atoms with van der Waals surface area (Å²) in [5.74, 6) is 0. The molecule has 0 aliphatic carbocycles. The molecule has 5 heteroatoms. The first kappa shape index (κ1) is 18.3. The Morgan fingerprint density at radius 1 is 1.25 bits per heavy atom. The van der Waals surface area contributed by atoms with E-state index in [0.717, 1.165) is 17.7 Å². The number of rotatable bonds is 6. The molecule has 0 fully saturated rings. The SMILES string of the molecule is CC[C@@H](c1ccncc1)N(C)C(=O)Nc1cccc([C@H](C)SC)c1. The zero-order valence-electron chi connectivity index (χ0n) is 14.7. The van der Waals surface area contributed by atoms with Gasteiger partial charge in [-0.2, -0.15) is 11.8 Å². The third kappa shape index (κ3) is 4.51. The Bertz CT molecular complexity index is 663. The number of thioether (sulfide) groups is 1. The van der Waals surface area contributed by atoms with E-state index in [9.17, 15) is 4.79 Å². The van der Waals surface area contributed by atoms with Gasteiger partial charge in [-0.15, -0.1) is 0 Å². The van der Waals surface area contributed by atoms with Crippen LogP contribution in [0.4, 0.5) is 10.5 Å². The largest absolute Gasteiger partial charge is 0.322 e. The van der Waals surface area contributed by atoms with Crippen molar-refractivity contribution in [1.29, 1.82) is 0 Å². The van der Waals surface area contributed by atoms with Gasteiger partial charge in [0.25, 0.3) is 0 Å². The monoisotopic (exact) mass is 343 g/mol. The standard InChI is InChI=1S/C19H25N3OS/c1-5-18(15-9-11-20-12-10-15)22(3)19(23)21-17-8-6-7-16(13-17)14(2)24-4/h6-14,18H,5H2,1-4H3,(H,21,23)/t14-,18-/m0/s1. The Hall–Kier alpha value is -2.01. The van der Waals surface area contributed by atoms with E-state index in [1.165, 1.54) is 5.56 Å². The summed E-state index contributed by atoms with van der Waals surface area (Å²) in [4.78, 5) is 18.4. The molecule has 0 saturated carbocycles. The lowest BCUT2D eigenvalue weighted by atomic mass is 10.1. The van der Waals surface area contributed by atoms with Crippen LogP contribution < -0.4 is 5.32 Å². The molecule has 1 aromatic carbocycles. The Balaban J connectivity index is 2.11. The number of nitrogens with one attached hydrogen (secondary N) is 1. The summed E-state index contributed by atoms with van der Waals surface area (Å²) >= 11 is 1.79. The van der Waals surface area contributed by atoms with Gasteiger partial charge in [-0.25, -0.2) is 4.79 Å². The van der Waals surface area contributed by atoms with Gasteiger partial charge in [0.1, 0.15) is 0 Å². The lowest BCUT2D eigenvalue weighted by Crippen LogP contribution is -2.34. The number of pyridine rings is 1. The van der Waals surface area contributed by atoms with E-state index < -0.39 is 0 Å². The summed E-state index contributed by atoms with van der Waals surface area (Å²) in [5, 5.41) is 3.41. The number of hydrogen-bond acceptors (Lipinski definition) is 3.